The van der Waals surface area contributed by atoms with E-state index in [2.05, 4.69) is 63.9 Å². The van der Waals surface area contributed by atoms with E-state index in [-0.39, 0.29) is 5.78 Å². The summed E-state index contributed by atoms with van der Waals surface area (Å²) in [6.45, 7) is 10.1. The number of nitrogens with one attached hydrogen (secondary N) is 1. The predicted octanol–water partition coefficient (Wildman–Crippen LogP) is 5.34. The molecule has 1 aliphatic rings. The lowest BCUT2D eigenvalue weighted by Gasteiger charge is -2.26. The zero-order valence-corrected chi connectivity index (χ0v) is 20.8. The second kappa shape index (κ2) is 10.5. The fraction of sp³-hybridized carbons (Fsp3) is 0.267. The Kier molecular flexibility index (Phi) is 6.98. The molecule has 3 heterocycles. The number of carbonyl (C=O) groups excluding carboxylic acids is 1. The number of aromatic amines is 1. The van der Waals surface area contributed by atoms with Crippen LogP contribution in [0.15, 0.2) is 67.4 Å². The number of methoxy groups -OCH3 is 1. The second-order valence-electron chi connectivity index (χ2n) is 9.19. The minimum absolute atomic E-state index is 0.00417. The van der Waals surface area contributed by atoms with E-state index in [1.165, 1.54) is 11.6 Å². The summed E-state index contributed by atoms with van der Waals surface area (Å²) in [7, 11) is 1.68. The molecule has 5 rings (SSSR count). The van der Waals surface area contributed by atoms with Crippen LogP contribution in [-0.4, -0.2) is 54.1 Å². The normalized spacial score (nSPS) is 14.2. The lowest BCUT2D eigenvalue weighted by Crippen LogP contribution is -2.35. The number of H-pyrrole nitrogens is 1. The molecule has 4 aromatic rings. The lowest BCUT2D eigenvalue weighted by atomic mass is 9.93. The van der Waals surface area contributed by atoms with Crippen molar-refractivity contribution in [3.8, 4) is 28.1 Å². The first kappa shape index (κ1) is 24.0. The van der Waals surface area contributed by atoms with E-state index in [9.17, 15) is 4.79 Å². The first-order valence-corrected chi connectivity index (χ1v) is 12.3. The highest BCUT2D eigenvalue weighted by Crippen LogP contribution is 2.42. The molecule has 2 aromatic heterocycles. The number of ether oxygens (including phenoxy) is 2. The Hall–Kier alpha value is -3.74. The number of pyridine rings is 1. The van der Waals surface area contributed by atoms with Crippen LogP contribution in [0.3, 0.4) is 0 Å². The first-order valence-electron chi connectivity index (χ1n) is 12.3. The first-order chi connectivity index (χ1) is 17.6. The van der Waals surface area contributed by atoms with Gasteiger partial charge < -0.3 is 14.5 Å². The van der Waals surface area contributed by atoms with Crippen LogP contribution in [0.1, 0.15) is 16.7 Å². The molecule has 0 spiro atoms. The Bertz CT molecular complexity index is 1400. The van der Waals surface area contributed by atoms with Gasteiger partial charge in [0.15, 0.2) is 5.78 Å². The van der Waals surface area contributed by atoms with Crippen molar-refractivity contribution >= 4 is 16.8 Å². The highest BCUT2D eigenvalue weighted by molar-refractivity contribution is 6.05. The molecule has 0 atom stereocenters. The van der Waals surface area contributed by atoms with Crippen molar-refractivity contribution in [1.82, 2.24) is 14.9 Å². The highest BCUT2D eigenvalue weighted by atomic mass is 16.5. The number of hydrogen-bond donors (Lipinski definition) is 1. The average Bonchev–Trinajstić information content (AvgIpc) is 3.31. The van der Waals surface area contributed by atoms with Gasteiger partial charge in [-0.05, 0) is 46.9 Å². The summed E-state index contributed by atoms with van der Waals surface area (Å²) in [4.78, 5) is 22.7. The third-order valence-corrected chi connectivity index (χ3v) is 6.86. The smallest absolute Gasteiger partial charge is 0.159 e. The van der Waals surface area contributed by atoms with E-state index >= 15 is 0 Å². The van der Waals surface area contributed by atoms with Crippen molar-refractivity contribution in [3.05, 3.63) is 84.1 Å². The Labute approximate surface area is 211 Å². The second-order valence-corrected chi connectivity index (χ2v) is 9.19. The van der Waals surface area contributed by atoms with Crippen LogP contribution in [0.25, 0.3) is 33.4 Å². The third-order valence-electron chi connectivity index (χ3n) is 6.86. The quantitative estimate of drug-likeness (QED) is 0.344. The molecule has 0 bridgehead atoms. The fourth-order valence-corrected chi connectivity index (χ4v) is 4.83. The topological polar surface area (TPSA) is 67.5 Å². The van der Waals surface area contributed by atoms with Gasteiger partial charge in [0.05, 0.1) is 31.4 Å². The molecular weight excluding hydrogens is 450 g/mol. The monoisotopic (exact) mass is 481 g/mol. The van der Waals surface area contributed by atoms with Crippen molar-refractivity contribution in [2.24, 2.45) is 0 Å². The van der Waals surface area contributed by atoms with Gasteiger partial charge in [-0.15, -0.1) is 0 Å². The van der Waals surface area contributed by atoms with E-state index in [0.717, 1.165) is 83.1 Å². The predicted molar refractivity (Wildman–Crippen MR) is 143 cm³/mol. The molecule has 6 nitrogen and oxygen atoms in total. The minimum Gasteiger partial charge on any atom is -0.496 e. The lowest BCUT2D eigenvalue weighted by molar-refractivity contribution is -0.114. The van der Waals surface area contributed by atoms with Gasteiger partial charge in [0, 0.05) is 37.8 Å². The molecule has 1 fully saturated rings. The largest absolute Gasteiger partial charge is 0.496 e. The number of allylic oxidation sites excluding steroid dienone is 1. The van der Waals surface area contributed by atoms with E-state index in [1.54, 1.807) is 13.3 Å². The summed E-state index contributed by atoms with van der Waals surface area (Å²) in [5, 5.41) is 0.928. The summed E-state index contributed by atoms with van der Waals surface area (Å²) in [6.07, 6.45) is 3.46. The number of rotatable bonds is 8. The average molecular weight is 482 g/mol. The van der Waals surface area contributed by atoms with Crippen molar-refractivity contribution in [2.75, 3.05) is 33.4 Å². The van der Waals surface area contributed by atoms with Gasteiger partial charge in [0.2, 0.25) is 0 Å². The summed E-state index contributed by atoms with van der Waals surface area (Å²) in [5.74, 6) is 0.759. The maximum absolute atomic E-state index is 12.1. The highest BCUT2D eigenvalue weighted by Gasteiger charge is 2.20. The molecule has 0 amide bonds. The van der Waals surface area contributed by atoms with Crippen LogP contribution in [0.5, 0.6) is 5.75 Å². The van der Waals surface area contributed by atoms with Gasteiger partial charge in [-0.3, -0.25) is 9.69 Å². The Balaban J connectivity index is 1.60. The maximum Gasteiger partial charge on any atom is 0.159 e. The molecule has 1 N–H and O–H groups in total. The number of fused-ring (bicyclic) bond motifs is 1. The van der Waals surface area contributed by atoms with Crippen LogP contribution in [-0.2, 0) is 22.5 Å². The molecule has 6 heteroatoms. The van der Waals surface area contributed by atoms with Crippen LogP contribution in [0, 0.1) is 6.92 Å². The van der Waals surface area contributed by atoms with Crippen LogP contribution >= 0.6 is 0 Å². The maximum atomic E-state index is 12.1. The number of aryl methyl sites for hydroxylation is 1. The zero-order valence-electron chi connectivity index (χ0n) is 20.8. The summed E-state index contributed by atoms with van der Waals surface area (Å²) < 4.78 is 11.2. The van der Waals surface area contributed by atoms with Gasteiger partial charge in [-0.1, -0.05) is 49.0 Å². The van der Waals surface area contributed by atoms with Gasteiger partial charge in [0.25, 0.3) is 0 Å². The fourth-order valence-electron chi connectivity index (χ4n) is 4.83. The molecule has 2 aromatic carbocycles. The summed E-state index contributed by atoms with van der Waals surface area (Å²) in [5.41, 5.74) is 8.18. The minimum atomic E-state index is 0.00417. The summed E-state index contributed by atoms with van der Waals surface area (Å²) in [6, 6.07) is 16.8. The molecular formula is C30H31N3O3. The number of ketones is 1. The molecule has 0 aliphatic carbocycles. The molecule has 184 valence electrons. The Morgan fingerprint density at radius 2 is 1.89 bits per heavy atom. The Morgan fingerprint density at radius 3 is 2.61 bits per heavy atom. The van der Waals surface area contributed by atoms with E-state index < -0.39 is 0 Å². The number of carbonyl (C=O) groups is 1. The van der Waals surface area contributed by atoms with Crippen LogP contribution < -0.4 is 4.74 Å². The zero-order chi connectivity index (χ0) is 25.1. The number of hydrogen-bond acceptors (Lipinski definition) is 5. The van der Waals surface area contributed by atoms with E-state index in [4.69, 9.17) is 9.47 Å². The van der Waals surface area contributed by atoms with Crippen molar-refractivity contribution in [1.29, 1.82) is 0 Å². The van der Waals surface area contributed by atoms with Gasteiger partial charge >= 0.3 is 0 Å². The number of morpholine rings is 1. The summed E-state index contributed by atoms with van der Waals surface area (Å²) >= 11 is 0. The van der Waals surface area contributed by atoms with Gasteiger partial charge in [-0.25, -0.2) is 4.98 Å². The Morgan fingerprint density at radius 1 is 1.14 bits per heavy atom. The standard InChI is InChI=1S/C30H31N3O3/c1-4-25(34)18-24-17-23(8-5-20(24)2)27-28-26(35-3)11-12-31-30(28)32-29(27)22-9-6-21(7-10-22)19-33-13-15-36-16-14-33/h4-12,17H,1,13-16,18-19H2,2-3H3,(H,31,32). The van der Waals surface area contributed by atoms with E-state index in [0.29, 0.717) is 6.42 Å². The molecule has 0 unspecified atom stereocenters. The van der Waals surface area contributed by atoms with Crippen LogP contribution in [0.4, 0.5) is 0 Å². The number of benzene rings is 2. The SMILES string of the molecule is C=CC(=O)Cc1cc(-c2c(-c3ccc(CN4CCOCC4)cc3)[nH]c3nccc(OC)c23)ccc1C. The molecule has 0 saturated carbocycles. The van der Waals surface area contributed by atoms with Crippen molar-refractivity contribution in [3.63, 3.8) is 0 Å². The molecule has 0 radical (unpaired) electrons. The van der Waals surface area contributed by atoms with Gasteiger partial charge in [-0.2, -0.15) is 0 Å². The number of nitrogens with zero attached hydrogens (tertiary/aromatic N) is 2. The molecule has 1 aliphatic heterocycles. The van der Waals surface area contributed by atoms with E-state index in [1.807, 2.05) is 13.0 Å². The number of aromatic nitrogens is 2. The molecule has 1 saturated heterocycles. The molecule has 36 heavy (non-hydrogen) atoms. The van der Waals surface area contributed by atoms with Crippen LogP contribution in [0.2, 0.25) is 0 Å². The van der Waals surface area contributed by atoms with Crippen molar-refractivity contribution < 1.29 is 14.3 Å². The van der Waals surface area contributed by atoms with Crippen molar-refractivity contribution in [2.45, 2.75) is 19.9 Å². The third kappa shape index (κ3) is 4.83. The van der Waals surface area contributed by atoms with Gasteiger partial charge in [0.1, 0.15) is 11.4 Å².